The zero-order valence-corrected chi connectivity index (χ0v) is 20.6. The average Bonchev–Trinajstić information content (AvgIpc) is 3.39. The van der Waals surface area contributed by atoms with Gasteiger partial charge in [0.15, 0.2) is 0 Å². The summed E-state index contributed by atoms with van der Waals surface area (Å²) in [7, 11) is -3.19. The number of halogens is 1. The molecule has 32 heavy (non-hydrogen) atoms. The first kappa shape index (κ1) is 24.4. The predicted octanol–water partition coefficient (Wildman–Crippen LogP) is 1.88. The number of nitrogens with one attached hydrogen (secondary N) is 2. The van der Waals surface area contributed by atoms with Crippen molar-refractivity contribution in [2.45, 2.75) is 102 Å². The minimum atomic E-state index is -3.19. The van der Waals surface area contributed by atoms with Crippen LogP contribution in [0.3, 0.4) is 0 Å². The summed E-state index contributed by atoms with van der Waals surface area (Å²) >= 11 is 0. The van der Waals surface area contributed by atoms with Crippen molar-refractivity contribution in [3.05, 3.63) is 0 Å². The number of carbonyl (C=O) groups excluding carboxylic acids is 1. The summed E-state index contributed by atoms with van der Waals surface area (Å²) in [5, 5.41) is 6.71. The topological polar surface area (TPSA) is 81.8 Å². The van der Waals surface area contributed by atoms with Crippen molar-refractivity contribution >= 4 is 15.9 Å². The lowest BCUT2D eigenvalue weighted by atomic mass is 9.77. The van der Waals surface area contributed by atoms with Crippen LogP contribution in [0.2, 0.25) is 0 Å². The maximum Gasteiger partial charge on any atom is 0.237 e. The Morgan fingerprint density at radius 2 is 1.97 bits per heavy atom. The van der Waals surface area contributed by atoms with E-state index in [4.69, 9.17) is 0 Å². The molecule has 184 valence electrons. The first-order valence-electron chi connectivity index (χ1n) is 12.6. The molecule has 0 aromatic rings. The number of amides is 1. The van der Waals surface area contributed by atoms with E-state index in [-0.39, 0.29) is 36.0 Å². The van der Waals surface area contributed by atoms with E-state index in [1.54, 1.807) is 4.31 Å². The lowest BCUT2D eigenvalue weighted by Crippen LogP contribution is -2.51. The molecule has 4 rings (SSSR count). The Hall–Kier alpha value is -0.770. The van der Waals surface area contributed by atoms with E-state index < -0.39 is 16.2 Å². The Balaban J connectivity index is 1.30. The van der Waals surface area contributed by atoms with Crippen molar-refractivity contribution in [2.75, 3.05) is 25.9 Å². The molecule has 0 radical (unpaired) electrons. The van der Waals surface area contributed by atoms with Crippen molar-refractivity contribution < 1.29 is 17.6 Å². The van der Waals surface area contributed by atoms with Gasteiger partial charge in [0, 0.05) is 49.7 Å². The Bertz CT molecular complexity index is 763. The molecule has 4 aliphatic rings. The predicted molar refractivity (Wildman–Crippen MR) is 124 cm³/mol. The summed E-state index contributed by atoms with van der Waals surface area (Å²) in [6.45, 7) is 6.25. The third-order valence-electron chi connectivity index (χ3n) is 8.50. The first-order valence-corrected chi connectivity index (χ1v) is 14.4. The molecule has 5 unspecified atom stereocenters. The third kappa shape index (κ3) is 5.15. The fourth-order valence-electron chi connectivity index (χ4n) is 6.83. The lowest BCUT2D eigenvalue weighted by molar-refractivity contribution is -0.124. The number of hydrogen-bond donors (Lipinski definition) is 2. The number of sulfonamides is 1. The molecule has 0 aromatic heterocycles. The smallest absolute Gasteiger partial charge is 0.237 e. The second kappa shape index (κ2) is 9.84. The van der Waals surface area contributed by atoms with Gasteiger partial charge >= 0.3 is 0 Å². The number of rotatable bonds is 6. The molecule has 2 heterocycles. The molecule has 2 saturated carbocycles. The molecular formula is C23H41FN4O3S. The Labute approximate surface area is 192 Å². The van der Waals surface area contributed by atoms with Gasteiger partial charge in [-0.1, -0.05) is 13.8 Å². The van der Waals surface area contributed by atoms with Gasteiger partial charge in [-0.15, -0.1) is 0 Å². The summed E-state index contributed by atoms with van der Waals surface area (Å²) in [6.07, 6.45) is 7.52. The van der Waals surface area contributed by atoms with Crippen molar-refractivity contribution in [3.63, 3.8) is 0 Å². The fraction of sp³-hybridized carbons (Fsp3) is 0.957. The average molecular weight is 473 g/mol. The van der Waals surface area contributed by atoms with E-state index in [1.165, 1.54) is 6.26 Å². The molecule has 7 nitrogen and oxygen atoms in total. The maximum atomic E-state index is 14.4. The minimum Gasteiger partial charge on any atom is -0.352 e. The van der Waals surface area contributed by atoms with E-state index in [0.717, 1.165) is 51.6 Å². The molecule has 2 N–H and O–H groups in total. The monoisotopic (exact) mass is 472 g/mol. The van der Waals surface area contributed by atoms with Gasteiger partial charge in [-0.2, -0.15) is 4.31 Å². The fourth-order valence-corrected chi connectivity index (χ4v) is 8.01. The quantitative estimate of drug-likeness (QED) is 0.617. The Morgan fingerprint density at radius 1 is 1.19 bits per heavy atom. The summed E-state index contributed by atoms with van der Waals surface area (Å²) < 4.78 is 40.2. The van der Waals surface area contributed by atoms with Crippen LogP contribution < -0.4 is 10.6 Å². The van der Waals surface area contributed by atoms with Crippen LogP contribution in [0.4, 0.5) is 4.39 Å². The molecule has 0 aromatic carbocycles. The molecule has 2 saturated heterocycles. The van der Waals surface area contributed by atoms with Crippen LogP contribution in [0.25, 0.3) is 0 Å². The van der Waals surface area contributed by atoms with Gasteiger partial charge in [-0.3, -0.25) is 9.69 Å². The zero-order chi connectivity index (χ0) is 23.0. The number of nitrogens with zero attached hydrogens (tertiary/aromatic N) is 2. The van der Waals surface area contributed by atoms with Crippen LogP contribution in [-0.4, -0.2) is 85.8 Å². The second-order valence-electron chi connectivity index (χ2n) is 10.6. The van der Waals surface area contributed by atoms with Crippen molar-refractivity contribution in [2.24, 2.45) is 11.8 Å². The van der Waals surface area contributed by atoms with Gasteiger partial charge in [-0.25, -0.2) is 12.8 Å². The van der Waals surface area contributed by atoms with E-state index >= 15 is 0 Å². The molecule has 0 bridgehead atoms. The molecule has 4 fully saturated rings. The van der Waals surface area contributed by atoms with Crippen LogP contribution in [0.5, 0.6) is 0 Å². The van der Waals surface area contributed by atoms with Gasteiger partial charge < -0.3 is 10.6 Å². The van der Waals surface area contributed by atoms with Crippen molar-refractivity contribution in [1.29, 1.82) is 0 Å². The highest BCUT2D eigenvalue weighted by Gasteiger charge is 2.46. The minimum absolute atomic E-state index is 0.0259. The summed E-state index contributed by atoms with van der Waals surface area (Å²) in [5.74, 6) is 0.408. The number of alkyl halides is 1. The highest BCUT2D eigenvalue weighted by atomic mass is 32.2. The van der Waals surface area contributed by atoms with Gasteiger partial charge in [0.2, 0.25) is 15.9 Å². The molecule has 2 aliphatic heterocycles. The normalized spacial score (nSPS) is 41.0. The number of likely N-dealkylation sites (tertiary alicyclic amines) is 1. The number of hydrogen-bond acceptors (Lipinski definition) is 5. The number of fused-ring (bicyclic) bond motifs is 1. The molecule has 0 spiro atoms. The van der Waals surface area contributed by atoms with E-state index in [0.29, 0.717) is 31.3 Å². The molecule has 2 aliphatic carbocycles. The second-order valence-corrected chi connectivity index (χ2v) is 12.6. The van der Waals surface area contributed by atoms with Crippen molar-refractivity contribution in [1.82, 2.24) is 19.8 Å². The van der Waals surface area contributed by atoms with Crippen LogP contribution in [0, 0.1) is 11.8 Å². The highest BCUT2D eigenvalue weighted by molar-refractivity contribution is 7.88. The largest absolute Gasteiger partial charge is 0.352 e. The standard InChI is InChI=1S/C23H41FN4O3S/c1-4-28(32(3,30)31)18-10-11-27(14-18)17-7-5-6-16(12-17)25-23(29)21-13-19-20(24)9-8-15(2)22(19)26-21/h15-22,26H,4-14H2,1-3H3,(H,25,29)/t15?,16-,17+,18+,19?,20?,21?,22?/m1/s1. The van der Waals surface area contributed by atoms with Crippen molar-refractivity contribution in [3.8, 4) is 0 Å². The van der Waals surface area contributed by atoms with Crippen LogP contribution >= 0.6 is 0 Å². The van der Waals surface area contributed by atoms with Gasteiger partial charge in [0.25, 0.3) is 0 Å². The molecule has 1 amide bonds. The Morgan fingerprint density at radius 3 is 2.66 bits per heavy atom. The lowest BCUT2D eigenvalue weighted by Gasteiger charge is -2.36. The first-order chi connectivity index (χ1) is 15.2. The summed E-state index contributed by atoms with van der Waals surface area (Å²) in [6, 6.07) is 0.401. The van der Waals surface area contributed by atoms with Gasteiger partial charge in [0.1, 0.15) is 6.17 Å². The number of likely N-dealkylation sites (N-methyl/N-ethyl adjacent to an activating group) is 1. The van der Waals surface area contributed by atoms with Crippen LogP contribution in [0.1, 0.15) is 65.2 Å². The number of carbonyl (C=O) groups is 1. The van der Waals surface area contributed by atoms with Crippen LogP contribution in [-0.2, 0) is 14.8 Å². The van der Waals surface area contributed by atoms with E-state index in [2.05, 4.69) is 22.5 Å². The summed E-state index contributed by atoms with van der Waals surface area (Å²) in [5.41, 5.74) is 0. The molecular weight excluding hydrogens is 431 g/mol. The van der Waals surface area contributed by atoms with Gasteiger partial charge in [-0.05, 0) is 57.3 Å². The third-order valence-corrected chi connectivity index (χ3v) is 9.91. The SMILES string of the molecule is CCN([C@H]1CCN([C@H]2CCC[C@@H](NC(=O)C3CC4C(F)CCC(C)C4N3)C2)C1)S(C)(=O)=O. The van der Waals surface area contributed by atoms with E-state index in [9.17, 15) is 17.6 Å². The highest BCUT2D eigenvalue weighted by Crippen LogP contribution is 2.38. The maximum absolute atomic E-state index is 14.4. The van der Waals surface area contributed by atoms with Crippen LogP contribution in [0.15, 0.2) is 0 Å². The summed E-state index contributed by atoms with van der Waals surface area (Å²) in [4.78, 5) is 15.4. The molecule has 9 heteroatoms. The Kier molecular flexibility index (Phi) is 7.49. The molecule has 8 atom stereocenters. The zero-order valence-electron chi connectivity index (χ0n) is 19.8. The van der Waals surface area contributed by atoms with E-state index in [1.807, 2.05) is 6.92 Å². The van der Waals surface area contributed by atoms with Gasteiger partial charge in [0.05, 0.1) is 12.3 Å².